The van der Waals surface area contributed by atoms with E-state index < -0.39 is 0 Å². The van der Waals surface area contributed by atoms with Crippen molar-refractivity contribution in [1.82, 2.24) is 19.8 Å². The van der Waals surface area contributed by atoms with Crippen LogP contribution in [0.2, 0.25) is 0 Å². The van der Waals surface area contributed by atoms with E-state index in [9.17, 15) is 0 Å². The molecule has 0 radical (unpaired) electrons. The average Bonchev–Trinajstić information content (AvgIpc) is 2.78. The van der Waals surface area contributed by atoms with Crippen molar-refractivity contribution in [3.05, 3.63) is 10.8 Å². The second-order valence-corrected chi connectivity index (χ2v) is 6.39. The lowest BCUT2D eigenvalue weighted by molar-refractivity contribution is 0.394. The molecule has 6 heteroatoms. The summed E-state index contributed by atoms with van der Waals surface area (Å²) in [4.78, 5) is 0.908. The van der Waals surface area contributed by atoms with Gasteiger partial charge in [-0.05, 0) is 18.8 Å². The van der Waals surface area contributed by atoms with Gasteiger partial charge in [0.05, 0.1) is 0 Å². The fourth-order valence-electron chi connectivity index (χ4n) is 2.38. The van der Waals surface area contributed by atoms with Crippen molar-refractivity contribution < 1.29 is 0 Å². The first-order valence-corrected chi connectivity index (χ1v) is 7.44. The van der Waals surface area contributed by atoms with Crippen LogP contribution >= 0.6 is 11.3 Å². The van der Waals surface area contributed by atoms with E-state index >= 15 is 0 Å². The molecule has 2 N–H and O–H groups in total. The van der Waals surface area contributed by atoms with Gasteiger partial charge in [0.15, 0.2) is 5.82 Å². The predicted molar refractivity (Wildman–Crippen MR) is 71.9 cm³/mol. The largest absolute Gasteiger partial charge is 0.330 e. The Hall–Kier alpha value is -1.01. The van der Waals surface area contributed by atoms with Crippen LogP contribution in [0.15, 0.2) is 0 Å². The Labute approximate surface area is 110 Å². The van der Waals surface area contributed by atoms with Gasteiger partial charge in [0.1, 0.15) is 5.01 Å². The number of fused-ring (bicyclic) bond motifs is 1. The van der Waals surface area contributed by atoms with Gasteiger partial charge in [0.2, 0.25) is 4.96 Å². The normalized spacial score (nSPS) is 18.4. The zero-order valence-electron chi connectivity index (χ0n) is 10.8. The minimum absolute atomic E-state index is 0.325. The van der Waals surface area contributed by atoms with Crippen molar-refractivity contribution in [2.75, 3.05) is 6.54 Å². The summed E-state index contributed by atoms with van der Waals surface area (Å²) in [5.74, 6) is 2.43. The van der Waals surface area contributed by atoms with E-state index in [0.717, 1.165) is 15.8 Å². The second kappa shape index (κ2) is 4.59. The zero-order chi connectivity index (χ0) is 12.7. The Morgan fingerprint density at radius 1 is 1.39 bits per heavy atom. The summed E-state index contributed by atoms with van der Waals surface area (Å²) in [6, 6.07) is 0. The maximum Gasteiger partial charge on any atom is 0.234 e. The molecule has 0 bridgehead atoms. The van der Waals surface area contributed by atoms with E-state index in [1.165, 1.54) is 19.3 Å². The highest BCUT2D eigenvalue weighted by Gasteiger charge is 2.27. The second-order valence-electron chi connectivity index (χ2n) is 5.41. The van der Waals surface area contributed by atoms with Gasteiger partial charge in [-0.15, -0.1) is 10.2 Å². The van der Waals surface area contributed by atoms with Crippen molar-refractivity contribution in [1.29, 1.82) is 0 Å². The van der Waals surface area contributed by atoms with Gasteiger partial charge in [-0.1, -0.05) is 31.6 Å². The number of rotatable bonds is 4. The van der Waals surface area contributed by atoms with Crippen LogP contribution in [0.1, 0.15) is 55.8 Å². The van der Waals surface area contributed by atoms with Crippen molar-refractivity contribution in [3.8, 4) is 0 Å². The van der Waals surface area contributed by atoms with Crippen molar-refractivity contribution in [2.24, 2.45) is 11.7 Å². The molecule has 0 aromatic carbocycles. The summed E-state index contributed by atoms with van der Waals surface area (Å²) in [6.07, 6.45) is 3.74. The molecule has 2 aromatic heterocycles. The molecule has 5 nitrogen and oxygen atoms in total. The summed E-state index contributed by atoms with van der Waals surface area (Å²) in [7, 11) is 0. The molecule has 2 aromatic rings. The maximum atomic E-state index is 5.85. The van der Waals surface area contributed by atoms with Crippen LogP contribution in [-0.2, 0) is 0 Å². The van der Waals surface area contributed by atoms with Crippen LogP contribution in [-0.4, -0.2) is 26.4 Å². The predicted octanol–water partition coefficient (Wildman–Crippen LogP) is 2.15. The summed E-state index contributed by atoms with van der Waals surface area (Å²) in [5.41, 5.74) is 5.85. The first-order chi connectivity index (χ1) is 8.70. The highest BCUT2D eigenvalue weighted by atomic mass is 32.1. The third-order valence-corrected chi connectivity index (χ3v) is 4.91. The van der Waals surface area contributed by atoms with Gasteiger partial charge in [-0.3, -0.25) is 0 Å². The van der Waals surface area contributed by atoms with Gasteiger partial charge in [0.25, 0.3) is 0 Å². The molecule has 2 heterocycles. The minimum Gasteiger partial charge on any atom is -0.330 e. The summed E-state index contributed by atoms with van der Waals surface area (Å²) in [5, 5.41) is 14.3. The molecule has 0 saturated heterocycles. The molecule has 98 valence electrons. The summed E-state index contributed by atoms with van der Waals surface area (Å²) < 4.78 is 1.94. The SMILES string of the molecule is CC(C)C(CN)c1nn2c(C3CCC3)nnc2s1. The molecule has 0 amide bonds. The molecule has 1 aliphatic rings. The number of hydrogen-bond acceptors (Lipinski definition) is 5. The Morgan fingerprint density at radius 2 is 2.17 bits per heavy atom. The number of hydrogen-bond donors (Lipinski definition) is 1. The van der Waals surface area contributed by atoms with E-state index in [2.05, 4.69) is 24.0 Å². The number of nitrogens with two attached hydrogens (primary N) is 1. The molecular formula is C12H19N5S. The van der Waals surface area contributed by atoms with Crippen LogP contribution in [0.3, 0.4) is 0 Å². The van der Waals surface area contributed by atoms with Gasteiger partial charge in [0, 0.05) is 18.4 Å². The fourth-order valence-corrected chi connectivity index (χ4v) is 3.51. The Balaban J connectivity index is 1.97. The number of nitrogens with zero attached hydrogens (tertiary/aromatic N) is 4. The highest BCUT2D eigenvalue weighted by molar-refractivity contribution is 7.16. The highest BCUT2D eigenvalue weighted by Crippen LogP contribution is 2.36. The first kappa shape index (κ1) is 12.0. The molecule has 1 atom stereocenters. The lowest BCUT2D eigenvalue weighted by Crippen LogP contribution is -2.18. The molecule has 1 fully saturated rings. The van der Waals surface area contributed by atoms with Gasteiger partial charge < -0.3 is 5.73 Å². The standard InChI is InChI=1S/C12H19N5S/c1-7(2)9(6-13)11-16-17-10(8-4-3-5-8)14-15-12(17)18-11/h7-9H,3-6,13H2,1-2H3. The molecule has 1 aliphatic carbocycles. The monoisotopic (exact) mass is 265 g/mol. The molecule has 1 saturated carbocycles. The first-order valence-electron chi connectivity index (χ1n) is 6.62. The van der Waals surface area contributed by atoms with Crippen LogP contribution in [0, 0.1) is 5.92 Å². The van der Waals surface area contributed by atoms with Crippen molar-refractivity contribution in [2.45, 2.75) is 44.9 Å². The summed E-state index contributed by atoms with van der Waals surface area (Å²) >= 11 is 1.63. The Morgan fingerprint density at radius 3 is 2.72 bits per heavy atom. The van der Waals surface area contributed by atoms with E-state index in [-0.39, 0.29) is 0 Å². The van der Waals surface area contributed by atoms with Gasteiger partial charge in [-0.25, -0.2) is 0 Å². The molecule has 18 heavy (non-hydrogen) atoms. The van der Waals surface area contributed by atoms with Gasteiger partial charge in [-0.2, -0.15) is 9.61 Å². The van der Waals surface area contributed by atoms with Crippen LogP contribution < -0.4 is 5.73 Å². The third-order valence-electron chi connectivity index (χ3n) is 3.88. The lowest BCUT2D eigenvalue weighted by atomic mass is 9.85. The van der Waals surface area contributed by atoms with E-state index in [0.29, 0.717) is 24.3 Å². The van der Waals surface area contributed by atoms with E-state index in [4.69, 9.17) is 10.8 Å². The Kier molecular flexibility index (Phi) is 3.07. The Bertz CT molecular complexity index is 540. The molecule has 0 aliphatic heterocycles. The number of aromatic nitrogens is 4. The fraction of sp³-hybridized carbons (Fsp3) is 0.750. The van der Waals surface area contributed by atoms with E-state index in [1.54, 1.807) is 11.3 Å². The smallest absolute Gasteiger partial charge is 0.234 e. The molecule has 0 spiro atoms. The van der Waals surface area contributed by atoms with Crippen LogP contribution in [0.25, 0.3) is 4.96 Å². The van der Waals surface area contributed by atoms with Crippen molar-refractivity contribution >= 4 is 16.3 Å². The van der Waals surface area contributed by atoms with Crippen LogP contribution in [0.5, 0.6) is 0 Å². The maximum absolute atomic E-state index is 5.85. The van der Waals surface area contributed by atoms with Crippen LogP contribution in [0.4, 0.5) is 0 Å². The lowest BCUT2D eigenvalue weighted by Gasteiger charge is -2.22. The summed E-state index contributed by atoms with van der Waals surface area (Å²) in [6.45, 7) is 5.01. The molecule has 1 unspecified atom stereocenters. The quantitative estimate of drug-likeness (QED) is 0.919. The van der Waals surface area contributed by atoms with Crippen molar-refractivity contribution in [3.63, 3.8) is 0 Å². The molecular weight excluding hydrogens is 246 g/mol. The van der Waals surface area contributed by atoms with Gasteiger partial charge >= 0.3 is 0 Å². The zero-order valence-corrected chi connectivity index (χ0v) is 11.7. The van der Waals surface area contributed by atoms with E-state index in [1.807, 2.05) is 4.52 Å². The average molecular weight is 265 g/mol. The topological polar surface area (TPSA) is 69.1 Å². The molecule has 3 rings (SSSR count). The third kappa shape index (κ3) is 1.83. The minimum atomic E-state index is 0.325.